The fraction of sp³-hybridized carbons (Fsp3) is 0.348. The largest absolute Gasteiger partial charge is 0.480 e. The molecule has 7 heteroatoms. The Morgan fingerprint density at radius 2 is 2.00 bits per heavy atom. The summed E-state index contributed by atoms with van der Waals surface area (Å²) >= 11 is 0. The van der Waals surface area contributed by atoms with Gasteiger partial charge in [-0.05, 0) is 31.5 Å². The number of benzene rings is 1. The first-order valence-corrected chi connectivity index (χ1v) is 10.2. The van der Waals surface area contributed by atoms with Crippen LogP contribution < -0.4 is 10.1 Å². The van der Waals surface area contributed by atoms with Crippen molar-refractivity contribution in [1.82, 2.24) is 19.4 Å². The number of nitrogens with one attached hydrogen (secondary N) is 1. The van der Waals surface area contributed by atoms with Gasteiger partial charge in [-0.1, -0.05) is 30.3 Å². The van der Waals surface area contributed by atoms with Crippen LogP contribution in [-0.2, 0) is 17.8 Å². The number of fused-ring (bicyclic) bond motifs is 1. The molecule has 1 amide bonds. The molecule has 2 aromatic heterocycles. The molecule has 0 saturated heterocycles. The first-order valence-electron chi connectivity index (χ1n) is 10.2. The Morgan fingerprint density at radius 1 is 1.20 bits per heavy atom. The first-order chi connectivity index (χ1) is 14.6. The number of aromatic nitrogens is 3. The Hall–Kier alpha value is -3.19. The highest BCUT2D eigenvalue weighted by Gasteiger charge is 2.37. The number of carbonyl (C=O) groups excluding carboxylic acids is 1. The molecule has 3 heterocycles. The van der Waals surface area contributed by atoms with E-state index < -0.39 is 6.04 Å². The lowest BCUT2D eigenvalue weighted by atomic mass is 9.99. The van der Waals surface area contributed by atoms with E-state index in [1.807, 2.05) is 24.5 Å². The van der Waals surface area contributed by atoms with Gasteiger partial charge < -0.3 is 14.6 Å². The number of pyridine rings is 1. The van der Waals surface area contributed by atoms with Gasteiger partial charge in [-0.2, -0.15) is 0 Å². The quantitative estimate of drug-likeness (QED) is 0.678. The molecular weight excluding hydrogens is 378 g/mol. The maximum Gasteiger partial charge on any atom is 0.248 e. The van der Waals surface area contributed by atoms with Crippen LogP contribution in [0.1, 0.15) is 42.9 Å². The predicted molar refractivity (Wildman–Crippen MR) is 115 cm³/mol. The van der Waals surface area contributed by atoms with Crippen molar-refractivity contribution in [2.45, 2.75) is 38.9 Å². The number of hydrogen-bond acceptors (Lipinski definition) is 5. The van der Waals surface area contributed by atoms with Crippen LogP contribution in [-0.4, -0.2) is 39.0 Å². The van der Waals surface area contributed by atoms with Gasteiger partial charge in [0, 0.05) is 31.7 Å². The summed E-state index contributed by atoms with van der Waals surface area (Å²) in [4.78, 5) is 24.6. The molecule has 1 aromatic carbocycles. The van der Waals surface area contributed by atoms with E-state index in [1.54, 1.807) is 25.4 Å². The van der Waals surface area contributed by atoms with E-state index in [2.05, 4.69) is 50.7 Å². The van der Waals surface area contributed by atoms with Crippen LogP contribution in [0.3, 0.4) is 0 Å². The number of carbonyl (C=O) groups is 1. The van der Waals surface area contributed by atoms with Crippen LogP contribution in [0.5, 0.6) is 5.88 Å². The molecule has 0 bridgehead atoms. The minimum Gasteiger partial charge on any atom is -0.480 e. The molecule has 0 radical (unpaired) electrons. The highest BCUT2D eigenvalue weighted by atomic mass is 16.5. The van der Waals surface area contributed by atoms with Crippen molar-refractivity contribution in [3.8, 4) is 5.88 Å². The van der Waals surface area contributed by atoms with Crippen LogP contribution in [0, 0.1) is 0 Å². The van der Waals surface area contributed by atoms with Crippen molar-refractivity contribution in [3.05, 3.63) is 71.9 Å². The molecule has 1 aliphatic heterocycles. The third-order valence-electron chi connectivity index (χ3n) is 5.43. The van der Waals surface area contributed by atoms with E-state index in [9.17, 15) is 4.79 Å². The minimum absolute atomic E-state index is 0.111. The van der Waals surface area contributed by atoms with Gasteiger partial charge in [-0.3, -0.25) is 9.69 Å². The number of anilines is 1. The molecule has 0 fully saturated rings. The van der Waals surface area contributed by atoms with Crippen molar-refractivity contribution < 1.29 is 9.53 Å². The molecule has 3 aromatic rings. The molecule has 30 heavy (non-hydrogen) atoms. The van der Waals surface area contributed by atoms with E-state index in [-0.39, 0.29) is 11.9 Å². The van der Waals surface area contributed by atoms with Crippen molar-refractivity contribution in [2.24, 2.45) is 0 Å². The Balaban J connectivity index is 1.71. The molecule has 0 aliphatic carbocycles. The van der Waals surface area contributed by atoms with Gasteiger partial charge in [0.05, 0.1) is 24.8 Å². The number of imidazole rings is 1. The summed E-state index contributed by atoms with van der Waals surface area (Å²) in [6.07, 6.45) is 4.32. The molecule has 1 aliphatic rings. The maximum atomic E-state index is 13.6. The summed E-state index contributed by atoms with van der Waals surface area (Å²) in [5.41, 5.74) is 3.69. The van der Waals surface area contributed by atoms with Gasteiger partial charge in [-0.15, -0.1) is 0 Å². The van der Waals surface area contributed by atoms with Crippen LogP contribution in [0.25, 0.3) is 0 Å². The fourth-order valence-electron chi connectivity index (χ4n) is 3.99. The zero-order valence-corrected chi connectivity index (χ0v) is 17.6. The lowest BCUT2D eigenvalue weighted by molar-refractivity contribution is -0.122. The average molecular weight is 406 g/mol. The van der Waals surface area contributed by atoms with Crippen LogP contribution in [0.4, 0.5) is 5.69 Å². The third-order valence-corrected chi connectivity index (χ3v) is 5.43. The van der Waals surface area contributed by atoms with Gasteiger partial charge in [0.15, 0.2) is 0 Å². The van der Waals surface area contributed by atoms with E-state index in [0.29, 0.717) is 18.1 Å². The first kappa shape index (κ1) is 20.1. The molecule has 7 nitrogen and oxygen atoms in total. The molecule has 4 rings (SSSR count). The van der Waals surface area contributed by atoms with Crippen LogP contribution >= 0.6 is 0 Å². The Bertz CT molecular complexity index is 1020. The molecule has 1 atom stereocenters. The van der Waals surface area contributed by atoms with Crippen LogP contribution in [0.2, 0.25) is 0 Å². The van der Waals surface area contributed by atoms with Gasteiger partial charge in [0.1, 0.15) is 11.7 Å². The van der Waals surface area contributed by atoms with Crippen molar-refractivity contribution >= 4 is 11.6 Å². The number of nitrogens with zero attached hydrogens (tertiary/aromatic N) is 4. The molecule has 1 N–H and O–H groups in total. The summed E-state index contributed by atoms with van der Waals surface area (Å²) in [6, 6.07) is 13.6. The number of amides is 1. The average Bonchev–Trinajstić information content (AvgIpc) is 3.19. The van der Waals surface area contributed by atoms with Gasteiger partial charge in [-0.25, -0.2) is 9.97 Å². The highest BCUT2D eigenvalue weighted by molar-refractivity contribution is 5.96. The number of rotatable bonds is 6. The summed E-state index contributed by atoms with van der Waals surface area (Å²) in [5.74, 6) is 0.287. The lowest BCUT2D eigenvalue weighted by Crippen LogP contribution is -2.42. The smallest absolute Gasteiger partial charge is 0.248 e. The summed E-state index contributed by atoms with van der Waals surface area (Å²) in [6.45, 7) is 5.67. The topological polar surface area (TPSA) is 72.3 Å². The Morgan fingerprint density at radius 3 is 2.73 bits per heavy atom. The van der Waals surface area contributed by atoms with E-state index >= 15 is 0 Å². The summed E-state index contributed by atoms with van der Waals surface area (Å²) < 4.78 is 7.42. The van der Waals surface area contributed by atoms with E-state index in [0.717, 1.165) is 24.4 Å². The zero-order chi connectivity index (χ0) is 21.1. The molecule has 0 spiro atoms. The molecule has 1 unspecified atom stereocenters. The van der Waals surface area contributed by atoms with Gasteiger partial charge in [0.2, 0.25) is 11.8 Å². The standard InChI is InChI=1S/C23H27N5O2/c1-16(2)28-15-25-18-11-13-27(14-17-8-5-4-6-9-17)21(20(18)28)22(29)26-19-10-7-12-24-23(19)30-3/h4-10,12,15-16,21H,11,13-14H2,1-3H3,(H,26,29). The third kappa shape index (κ3) is 3.93. The maximum absolute atomic E-state index is 13.6. The predicted octanol–water partition coefficient (Wildman–Crippen LogP) is 3.61. The minimum atomic E-state index is -0.455. The summed E-state index contributed by atoms with van der Waals surface area (Å²) in [7, 11) is 1.55. The normalized spacial score (nSPS) is 16.3. The van der Waals surface area contributed by atoms with Crippen molar-refractivity contribution in [1.29, 1.82) is 0 Å². The monoisotopic (exact) mass is 405 g/mol. The zero-order valence-electron chi connectivity index (χ0n) is 17.6. The van der Waals surface area contributed by atoms with Gasteiger partial charge >= 0.3 is 0 Å². The summed E-state index contributed by atoms with van der Waals surface area (Å²) in [5, 5.41) is 3.03. The number of hydrogen-bond donors (Lipinski definition) is 1. The number of methoxy groups -OCH3 is 1. The van der Waals surface area contributed by atoms with Crippen LogP contribution in [0.15, 0.2) is 55.0 Å². The molecular formula is C23H27N5O2. The van der Waals surface area contributed by atoms with E-state index in [1.165, 1.54) is 5.56 Å². The Kier molecular flexibility index (Phi) is 5.81. The van der Waals surface area contributed by atoms with Crippen molar-refractivity contribution in [3.63, 3.8) is 0 Å². The number of ether oxygens (including phenoxy) is 1. The van der Waals surface area contributed by atoms with Gasteiger partial charge in [0.25, 0.3) is 0 Å². The van der Waals surface area contributed by atoms with E-state index in [4.69, 9.17) is 4.74 Å². The molecule has 156 valence electrons. The SMILES string of the molecule is COc1ncccc1NC(=O)C1c2c(ncn2C(C)C)CCN1Cc1ccccc1. The fourth-order valence-corrected chi connectivity index (χ4v) is 3.99. The van der Waals surface area contributed by atoms with Crippen molar-refractivity contribution in [2.75, 3.05) is 19.0 Å². The second kappa shape index (κ2) is 8.67. The second-order valence-corrected chi connectivity index (χ2v) is 7.74. The Labute approximate surface area is 176 Å². The molecule has 0 saturated carbocycles. The second-order valence-electron chi connectivity index (χ2n) is 7.74. The highest BCUT2D eigenvalue weighted by Crippen LogP contribution is 2.34. The lowest BCUT2D eigenvalue weighted by Gasteiger charge is -2.36.